The van der Waals surface area contributed by atoms with Crippen LogP contribution in [0.4, 0.5) is 0 Å². The summed E-state index contributed by atoms with van der Waals surface area (Å²) in [6.45, 7) is 2.03. The maximum absolute atomic E-state index is 11.3. The molecule has 0 aliphatic heterocycles. The van der Waals surface area contributed by atoms with E-state index in [1.165, 1.54) is 12.0 Å². The Labute approximate surface area is 120 Å². The second kappa shape index (κ2) is 5.37. The molecule has 0 saturated heterocycles. The minimum Gasteiger partial charge on any atom is -0.384 e. The molecule has 1 aliphatic rings. The summed E-state index contributed by atoms with van der Waals surface area (Å²) in [6, 6.07) is 12.5. The highest BCUT2D eigenvalue weighted by Gasteiger charge is 2.41. The molecule has 2 atom stereocenters. The van der Waals surface area contributed by atoms with Crippen molar-refractivity contribution in [2.75, 3.05) is 0 Å². The first kappa shape index (κ1) is 13.3. The van der Waals surface area contributed by atoms with Gasteiger partial charge in [0.1, 0.15) is 0 Å². The van der Waals surface area contributed by atoms with Crippen molar-refractivity contribution in [3.05, 3.63) is 65.5 Å². The van der Waals surface area contributed by atoms with E-state index in [1.807, 2.05) is 25.4 Å². The Hall–Kier alpha value is -1.67. The predicted octanol–water partition coefficient (Wildman–Crippen LogP) is 3.94. The second-order valence-corrected chi connectivity index (χ2v) is 5.88. The SMILES string of the molecule is Cc1cncc(C2(O)CCCCC2c2ccccc2)c1. The summed E-state index contributed by atoms with van der Waals surface area (Å²) in [5.74, 6) is 0.168. The van der Waals surface area contributed by atoms with Crippen molar-refractivity contribution in [2.45, 2.75) is 44.1 Å². The fraction of sp³-hybridized carbons (Fsp3) is 0.389. The molecule has 1 N–H and O–H groups in total. The van der Waals surface area contributed by atoms with Gasteiger partial charge >= 0.3 is 0 Å². The fourth-order valence-electron chi connectivity index (χ4n) is 3.42. The smallest absolute Gasteiger partial charge is 0.0979 e. The zero-order chi connectivity index (χ0) is 14.0. The van der Waals surface area contributed by atoms with E-state index < -0.39 is 5.60 Å². The molecule has 20 heavy (non-hydrogen) atoms. The molecular formula is C18H21NO. The highest BCUT2D eigenvalue weighted by atomic mass is 16.3. The molecule has 3 rings (SSSR count). The Morgan fingerprint density at radius 3 is 2.70 bits per heavy atom. The molecule has 2 unspecified atom stereocenters. The average Bonchev–Trinajstić information content (AvgIpc) is 2.49. The molecule has 1 heterocycles. The average molecular weight is 267 g/mol. The molecule has 0 amide bonds. The zero-order valence-corrected chi connectivity index (χ0v) is 11.9. The van der Waals surface area contributed by atoms with E-state index in [0.717, 1.165) is 30.4 Å². The van der Waals surface area contributed by atoms with Gasteiger partial charge in [0.15, 0.2) is 0 Å². The van der Waals surface area contributed by atoms with Crippen LogP contribution >= 0.6 is 0 Å². The molecule has 1 saturated carbocycles. The van der Waals surface area contributed by atoms with Gasteiger partial charge in [-0.15, -0.1) is 0 Å². The third-order valence-electron chi connectivity index (χ3n) is 4.45. The van der Waals surface area contributed by atoms with Gasteiger partial charge in [-0.2, -0.15) is 0 Å². The van der Waals surface area contributed by atoms with Crippen molar-refractivity contribution in [3.63, 3.8) is 0 Å². The summed E-state index contributed by atoms with van der Waals surface area (Å²) in [7, 11) is 0. The lowest BCUT2D eigenvalue weighted by Gasteiger charge is -2.40. The molecule has 1 aliphatic carbocycles. The van der Waals surface area contributed by atoms with Gasteiger partial charge in [0, 0.05) is 23.9 Å². The number of aryl methyl sites for hydroxylation is 1. The van der Waals surface area contributed by atoms with Gasteiger partial charge in [-0.3, -0.25) is 4.98 Å². The van der Waals surface area contributed by atoms with Crippen LogP contribution in [-0.4, -0.2) is 10.1 Å². The molecule has 2 nitrogen and oxygen atoms in total. The van der Waals surface area contributed by atoms with Crippen LogP contribution in [0.2, 0.25) is 0 Å². The lowest BCUT2D eigenvalue weighted by atomic mass is 9.69. The lowest BCUT2D eigenvalue weighted by Crippen LogP contribution is -2.36. The molecule has 1 aromatic carbocycles. The van der Waals surface area contributed by atoms with E-state index >= 15 is 0 Å². The van der Waals surface area contributed by atoms with Crippen LogP contribution in [0.25, 0.3) is 0 Å². The Morgan fingerprint density at radius 1 is 1.15 bits per heavy atom. The largest absolute Gasteiger partial charge is 0.384 e. The summed E-state index contributed by atoms with van der Waals surface area (Å²) in [5.41, 5.74) is 2.52. The highest BCUT2D eigenvalue weighted by Crippen LogP contribution is 2.47. The minimum atomic E-state index is -0.779. The van der Waals surface area contributed by atoms with Crippen molar-refractivity contribution in [1.82, 2.24) is 4.98 Å². The van der Waals surface area contributed by atoms with E-state index in [4.69, 9.17) is 0 Å². The molecule has 104 valence electrons. The van der Waals surface area contributed by atoms with E-state index in [-0.39, 0.29) is 5.92 Å². The summed E-state index contributed by atoms with van der Waals surface area (Å²) in [5, 5.41) is 11.3. The first-order valence-electron chi connectivity index (χ1n) is 7.39. The third-order valence-corrected chi connectivity index (χ3v) is 4.45. The Balaban J connectivity index is 2.04. The molecule has 1 fully saturated rings. The maximum Gasteiger partial charge on any atom is 0.0979 e. The quantitative estimate of drug-likeness (QED) is 0.894. The number of rotatable bonds is 2. The number of benzene rings is 1. The first-order valence-corrected chi connectivity index (χ1v) is 7.39. The monoisotopic (exact) mass is 267 g/mol. The van der Waals surface area contributed by atoms with E-state index in [2.05, 4.69) is 35.3 Å². The Morgan fingerprint density at radius 2 is 1.95 bits per heavy atom. The number of nitrogens with zero attached hydrogens (tertiary/aromatic N) is 1. The van der Waals surface area contributed by atoms with Gasteiger partial charge < -0.3 is 5.11 Å². The zero-order valence-electron chi connectivity index (χ0n) is 11.9. The Kier molecular flexibility index (Phi) is 3.58. The minimum absolute atomic E-state index is 0.168. The molecular weight excluding hydrogens is 246 g/mol. The molecule has 0 radical (unpaired) electrons. The van der Waals surface area contributed by atoms with Crippen LogP contribution < -0.4 is 0 Å². The standard InChI is InChI=1S/C18H21NO/c1-14-11-16(13-19-12-14)18(20)10-6-5-9-17(18)15-7-3-2-4-8-15/h2-4,7-8,11-13,17,20H,5-6,9-10H2,1H3. The molecule has 2 aromatic rings. The van der Waals surface area contributed by atoms with Crippen LogP contribution in [0, 0.1) is 6.92 Å². The van der Waals surface area contributed by atoms with Crippen LogP contribution in [-0.2, 0) is 5.60 Å². The fourth-order valence-corrected chi connectivity index (χ4v) is 3.42. The third kappa shape index (κ3) is 2.36. The van der Waals surface area contributed by atoms with Crippen LogP contribution in [0.3, 0.4) is 0 Å². The van der Waals surface area contributed by atoms with E-state index in [9.17, 15) is 5.11 Å². The van der Waals surface area contributed by atoms with Crippen molar-refractivity contribution >= 4 is 0 Å². The molecule has 1 aromatic heterocycles. The van der Waals surface area contributed by atoms with Crippen LogP contribution in [0.15, 0.2) is 48.8 Å². The lowest BCUT2D eigenvalue weighted by molar-refractivity contribution is -0.0227. The molecule has 0 bridgehead atoms. The van der Waals surface area contributed by atoms with E-state index in [0.29, 0.717) is 0 Å². The Bertz CT molecular complexity index is 581. The second-order valence-electron chi connectivity index (χ2n) is 5.88. The van der Waals surface area contributed by atoms with Gasteiger partial charge in [-0.25, -0.2) is 0 Å². The van der Waals surface area contributed by atoms with E-state index in [1.54, 1.807) is 0 Å². The van der Waals surface area contributed by atoms with Crippen molar-refractivity contribution in [2.24, 2.45) is 0 Å². The normalized spacial score (nSPS) is 26.4. The van der Waals surface area contributed by atoms with Crippen LogP contribution in [0.1, 0.15) is 48.3 Å². The predicted molar refractivity (Wildman–Crippen MR) is 80.5 cm³/mol. The van der Waals surface area contributed by atoms with Crippen LogP contribution in [0.5, 0.6) is 0 Å². The van der Waals surface area contributed by atoms with Gasteiger partial charge in [0.2, 0.25) is 0 Å². The van der Waals surface area contributed by atoms with Crippen molar-refractivity contribution < 1.29 is 5.11 Å². The molecule has 0 spiro atoms. The number of aliphatic hydroxyl groups is 1. The summed E-state index contributed by atoms with van der Waals surface area (Å²) in [4.78, 5) is 4.27. The number of hydrogen-bond acceptors (Lipinski definition) is 2. The number of aromatic nitrogens is 1. The molecule has 2 heteroatoms. The number of pyridine rings is 1. The summed E-state index contributed by atoms with van der Waals surface area (Å²) >= 11 is 0. The van der Waals surface area contributed by atoms with Gasteiger partial charge in [-0.05, 0) is 30.9 Å². The maximum atomic E-state index is 11.3. The summed E-state index contributed by atoms with van der Waals surface area (Å²) < 4.78 is 0. The van der Waals surface area contributed by atoms with Gasteiger partial charge in [-0.1, -0.05) is 49.2 Å². The van der Waals surface area contributed by atoms with Crippen molar-refractivity contribution in [3.8, 4) is 0 Å². The van der Waals surface area contributed by atoms with Gasteiger partial charge in [0.25, 0.3) is 0 Å². The highest BCUT2D eigenvalue weighted by molar-refractivity contribution is 5.32. The first-order chi connectivity index (χ1) is 9.70. The summed E-state index contributed by atoms with van der Waals surface area (Å²) in [6.07, 6.45) is 7.78. The number of hydrogen-bond donors (Lipinski definition) is 1. The van der Waals surface area contributed by atoms with Gasteiger partial charge in [0.05, 0.1) is 5.60 Å². The topological polar surface area (TPSA) is 33.1 Å². The van der Waals surface area contributed by atoms with Crippen molar-refractivity contribution in [1.29, 1.82) is 0 Å².